The number of nitrogens with one attached hydrogen (secondary N) is 2. The van der Waals surface area contributed by atoms with Gasteiger partial charge in [0.05, 0.1) is 17.5 Å². The second-order valence-corrected chi connectivity index (χ2v) is 5.71. The molecule has 0 atom stereocenters. The first-order valence-electron chi connectivity index (χ1n) is 5.97. The number of nitrogens with zero attached hydrogens (tertiary/aromatic N) is 1. The molecular formula is C12H19N3O3S. The molecule has 19 heavy (non-hydrogen) atoms. The maximum absolute atomic E-state index is 11.6. The first-order valence-corrected chi connectivity index (χ1v) is 6.85. The van der Waals surface area contributed by atoms with E-state index in [9.17, 15) is 9.59 Å². The molecule has 0 unspecified atom stereocenters. The number of carbonyl (C=O) groups is 2. The van der Waals surface area contributed by atoms with E-state index in [-0.39, 0.29) is 12.3 Å². The average molecular weight is 285 g/mol. The lowest BCUT2D eigenvalue weighted by Gasteiger charge is -2.22. The number of rotatable bonds is 7. The number of carboxylic acids is 1. The van der Waals surface area contributed by atoms with Crippen molar-refractivity contribution in [3.8, 4) is 0 Å². The van der Waals surface area contributed by atoms with E-state index < -0.39 is 11.4 Å². The number of carboxylic acid groups (broad SMARTS) is 1. The van der Waals surface area contributed by atoms with Crippen molar-refractivity contribution in [3.63, 3.8) is 0 Å². The zero-order chi connectivity index (χ0) is 14.5. The molecule has 0 aliphatic heterocycles. The standard InChI is InChI=1S/C12H19N3O3S/c1-12(2,10(18)13-3)7-14-11-15-8(6-19-11)4-5-9(16)17/h6H,4-5,7H2,1-3H3,(H,13,18)(H,14,15)(H,16,17). The third-order valence-electron chi connectivity index (χ3n) is 2.67. The van der Waals surface area contributed by atoms with Gasteiger partial charge in [-0.3, -0.25) is 9.59 Å². The number of anilines is 1. The summed E-state index contributed by atoms with van der Waals surface area (Å²) in [7, 11) is 1.61. The summed E-state index contributed by atoms with van der Waals surface area (Å²) in [6.45, 7) is 4.16. The Labute approximate surface area is 116 Å². The van der Waals surface area contributed by atoms with E-state index >= 15 is 0 Å². The minimum Gasteiger partial charge on any atom is -0.481 e. The molecule has 0 aliphatic rings. The van der Waals surface area contributed by atoms with Crippen molar-refractivity contribution < 1.29 is 14.7 Å². The summed E-state index contributed by atoms with van der Waals surface area (Å²) >= 11 is 1.41. The average Bonchev–Trinajstić information content (AvgIpc) is 2.81. The fourth-order valence-electron chi connectivity index (χ4n) is 1.45. The van der Waals surface area contributed by atoms with Crippen LogP contribution in [0, 0.1) is 5.41 Å². The number of aryl methyl sites for hydroxylation is 1. The van der Waals surface area contributed by atoms with E-state index in [4.69, 9.17) is 5.11 Å². The third kappa shape index (κ3) is 4.86. The minimum atomic E-state index is -0.830. The number of amides is 1. The Morgan fingerprint density at radius 1 is 1.47 bits per heavy atom. The van der Waals surface area contributed by atoms with Gasteiger partial charge in [0.1, 0.15) is 0 Å². The van der Waals surface area contributed by atoms with Gasteiger partial charge in [0.25, 0.3) is 0 Å². The Bertz CT molecular complexity index is 457. The fourth-order valence-corrected chi connectivity index (χ4v) is 2.20. The number of aromatic nitrogens is 1. The summed E-state index contributed by atoms with van der Waals surface area (Å²) in [6.07, 6.45) is 0.499. The molecule has 0 aromatic carbocycles. The highest BCUT2D eigenvalue weighted by atomic mass is 32.1. The molecule has 1 heterocycles. The van der Waals surface area contributed by atoms with Crippen molar-refractivity contribution in [2.75, 3.05) is 18.9 Å². The second-order valence-electron chi connectivity index (χ2n) is 4.85. The Morgan fingerprint density at radius 3 is 2.74 bits per heavy atom. The zero-order valence-corrected chi connectivity index (χ0v) is 12.1. The molecule has 106 valence electrons. The lowest BCUT2D eigenvalue weighted by atomic mass is 9.92. The van der Waals surface area contributed by atoms with E-state index in [1.54, 1.807) is 7.05 Å². The van der Waals surface area contributed by atoms with Crippen molar-refractivity contribution in [1.29, 1.82) is 0 Å². The van der Waals surface area contributed by atoms with Crippen LogP contribution in [0.15, 0.2) is 5.38 Å². The molecule has 0 radical (unpaired) electrons. The van der Waals surface area contributed by atoms with E-state index in [1.165, 1.54) is 11.3 Å². The smallest absolute Gasteiger partial charge is 0.303 e. The van der Waals surface area contributed by atoms with Gasteiger partial charge in [0.2, 0.25) is 5.91 Å². The fraction of sp³-hybridized carbons (Fsp3) is 0.583. The molecule has 0 saturated carbocycles. The molecule has 7 heteroatoms. The molecule has 3 N–H and O–H groups in total. The van der Waals surface area contributed by atoms with E-state index in [0.717, 1.165) is 5.69 Å². The number of hydrogen-bond donors (Lipinski definition) is 3. The molecule has 0 spiro atoms. The van der Waals surface area contributed by atoms with Crippen LogP contribution in [0.3, 0.4) is 0 Å². The van der Waals surface area contributed by atoms with Crippen LogP contribution < -0.4 is 10.6 Å². The van der Waals surface area contributed by atoms with Gasteiger partial charge in [-0.2, -0.15) is 0 Å². The number of aliphatic carboxylic acids is 1. The SMILES string of the molecule is CNC(=O)C(C)(C)CNc1nc(CCC(=O)O)cs1. The van der Waals surface area contributed by atoms with E-state index in [0.29, 0.717) is 18.1 Å². The monoisotopic (exact) mass is 285 g/mol. The number of hydrogen-bond acceptors (Lipinski definition) is 5. The summed E-state index contributed by atoms with van der Waals surface area (Å²) in [5, 5.41) is 16.9. The van der Waals surface area contributed by atoms with Gasteiger partial charge in [-0.05, 0) is 13.8 Å². The summed E-state index contributed by atoms with van der Waals surface area (Å²) in [5.74, 6) is -0.870. The van der Waals surface area contributed by atoms with Gasteiger partial charge < -0.3 is 15.7 Å². The molecule has 1 rings (SSSR count). The molecule has 1 aromatic rings. The van der Waals surface area contributed by atoms with Gasteiger partial charge in [-0.25, -0.2) is 4.98 Å². The molecule has 0 fully saturated rings. The van der Waals surface area contributed by atoms with Crippen molar-refractivity contribution in [2.45, 2.75) is 26.7 Å². The molecule has 0 aliphatic carbocycles. The quantitative estimate of drug-likeness (QED) is 0.703. The van der Waals surface area contributed by atoms with Crippen LogP contribution in [0.2, 0.25) is 0 Å². The van der Waals surface area contributed by atoms with Gasteiger partial charge >= 0.3 is 5.97 Å². The van der Waals surface area contributed by atoms with Crippen molar-refractivity contribution >= 4 is 28.3 Å². The highest BCUT2D eigenvalue weighted by Gasteiger charge is 2.26. The van der Waals surface area contributed by atoms with Crippen LogP contribution in [0.1, 0.15) is 26.0 Å². The molecule has 1 aromatic heterocycles. The molecule has 1 amide bonds. The van der Waals surface area contributed by atoms with Gasteiger partial charge in [0, 0.05) is 25.4 Å². The third-order valence-corrected chi connectivity index (χ3v) is 3.52. The normalized spacial score (nSPS) is 11.1. The summed E-state index contributed by atoms with van der Waals surface area (Å²) in [4.78, 5) is 26.3. The van der Waals surface area contributed by atoms with Crippen LogP contribution in [-0.2, 0) is 16.0 Å². The topological polar surface area (TPSA) is 91.3 Å². The summed E-state index contributed by atoms with van der Waals surface area (Å²) in [5.41, 5.74) is 0.231. The minimum absolute atomic E-state index is 0.0392. The van der Waals surface area contributed by atoms with Crippen molar-refractivity contribution in [2.24, 2.45) is 5.41 Å². The van der Waals surface area contributed by atoms with Gasteiger partial charge in [-0.15, -0.1) is 11.3 Å². The molecule has 6 nitrogen and oxygen atoms in total. The first-order chi connectivity index (χ1) is 8.85. The van der Waals surface area contributed by atoms with Crippen LogP contribution in [-0.4, -0.2) is 35.6 Å². The zero-order valence-electron chi connectivity index (χ0n) is 11.3. The predicted molar refractivity (Wildman–Crippen MR) is 74.4 cm³/mol. The Balaban J connectivity index is 2.50. The molecular weight excluding hydrogens is 266 g/mol. The van der Waals surface area contributed by atoms with Crippen molar-refractivity contribution in [3.05, 3.63) is 11.1 Å². The van der Waals surface area contributed by atoms with Gasteiger partial charge in [0.15, 0.2) is 5.13 Å². The predicted octanol–water partition coefficient (Wildman–Crippen LogP) is 1.34. The summed E-state index contributed by atoms with van der Waals surface area (Å²) < 4.78 is 0. The largest absolute Gasteiger partial charge is 0.481 e. The Hall–Kier alpha value is -1.63. The Morgan fingerprint density at radius 2 is 2.16 bits per heavy atom. The molecule has 0 bridgehead atoms. The van der Waals surface area contributed by atoms with E-state index in [2.05, 4.69) is 15.6 Å². The maximum atomic E-state index is 11.6. The second kappa shape index (κ2) is 6.51. The van der Waals surface area contributed by atoms with Crippen LogP contribution >= 0.6 is 11.3 Å². The first kappa shape index (κ1) is 15.4. The lowest BCUT2D eigenvalue weighted by Crippen LogP contribution is -2.39. The maximum Gasteiger partial charge on any atom is 0.303 e. The van der Waals surface area contributed by atoms with Crippen LogP contribution in [0.25, 0.3) is 0 Å². The Kier molecular flexibility index (Phi) is 5.29. The highest BCUT2D eigenvalue weighted by Crippen LogP contribution is 2.20. The number of carbonyl (C=O) groups excluding carboxylic acids is 1. The van der Waals surface area contributed by atoms with E-state index in [1.807, 2.05) is 19.2 Å². The summed E-state index contributed by atoms with van der Waals surface area (Å²) in [6, 6.07) is 0. The van der Waals surface area contributed by atoms with Crippen molar-refractivity contribution in [1.82, 2.24) is 10.3 Å². The van der Waals surface area contributed by atoms with Crippen LogP contribution in [0.5, 0.6) is 0 Å². The number of thiazole rings is 1. The lowest BCUT2D eigenvalue weighted by molar-refractivity contribution is -0.137. The molecule has 0 saturated heterocycles. The van der Waals surface area contributed by atoms with Gasteiger partial charge in [-0.1, -0.05) is 0 Å². The highest BCUT2D eigenvalue weighted by molar-refractivity contribution is 7.13. The van der Waals surface area contributed by atoms with Crippen LogP contribution in [0.4, 0.5) is 5.13 Å².